The van der Waals surface area contributed by atoms with Crippen molar-refractivity contribution in [1.82, 2.24) is 24.6 Å². The molecule has 0 spiro atoms. The summed E-state index contributed by atoms with van der Waals surface area (Å²) in [5.41, 5.74) is 4.56. The van der Waals surface area contributed by atoms with E-state index in [0.29, 0.717) is 26.1 Å². The van der Waals surface area contributed by atoms with Crippen LogP contribution in [-0.2, 0) is 17.6 Å². The van der Waals surface area contributed by atoms with Gasteiger partial charge in [-0.2, -0.15) is 5.10 Å². The first-order valence-corrected chi connectivity index (χ1v) is 13.7. The molecular weight excluding hydrogens is 503 g/mol. The maximum Gasteiger partial charge on any atom is 0.227 e. The van der Waals surface area contributed by atoms with E-state index >= 15 is 0 Å². The highest BCUT2D eigenvalue weighted by Gasteiger charge is 2.25. The number of hydrogen-bond acceptors (Lipinski definition) is 5. The van der Waals surface area contributed by atoms with Crippen LogP contribution in [0, 0.1) is 12.7 Å². The van der Waals surface area contributed by atoms with Gasteiger partial charge in [-0.3, -0.25) is 4.79 Å². The zero-order chi connectivity index (χ0) is 27.5. The minimum atomic E-state index is -0.296. The summed E-state index contributed by atoms with van der Waals surface area (Å²) in [6.45, 7) is 4.69. The lowest BCUT2D eigenvalue weighted by molar-refractivity contribution is -0.130. The molecule has 2 aromatic heterocycles. The molecule has 0 unspecified atom stereocenters. The molecule has 1 fully saturated rings. The number of amides is 1. The van der Waals surface area contributed by atoms with Crippen molar-refractivity contribution in [2.45, 2.75) is 26.2 Å². The number of carbonyl (C=O) groups is 1. The van der Waals surface area contributed by atoms with E-state index in [9.17, 15) is 9.18 Å². The maximum atomic E-state index is 13.3. The van der Waals surface area contributed by atoms with Gasteiger partial charge in [-0.1, -0.05) is 60.7 Å². The number of fused-ring (bicyclic) bond motifs is 1. The van der Waals surface area contributed by atoms with Gasteiger partial charge in [-0.15, -0.1) is 0 Å². The van der Waals surface area contributed by atoms with Crippen molar-refractivity contribution < 1.29 is 9.18 Å². The third-order valence-corrected chi connectivity index (χ3v) is 7.35. The van der Waals surface area contributed by atoms with Crippen LogP contribution in [0.5, 0.6) is 0 Å². The van der Waals surface area contributed by atoms with Crippen molar-refractivity contribution >= 4 is 22.8 Å². The fourth-order valence-electron chi connectivity index (χ4n) is 5.31. The van der Waals surface area contributed by atoms with Crippen LogP contribution in [0.25, 0.3) is 16.7 Å². The fraction of sp³-hybridized carbons (Fsp3) is 0.250. The van der Waals surface area contributed by atoms with Crippen molar-refractivity contribution in [3.05, 3.63) is 113 Å². The summed E-state index contributed by atoms with van der Waals surface area (Å²) in [5.74, 6) is 1.36. The summed E-state index contributed by atoms with van der Waals surface area (Å²) in [6, 6.07) is 26.4. The third-order valence-electron chi connectivity index (χ3n) is 7.35. The van der Waals surface area contributed by atoms with E-state index in [0.717, 1.165) is 58.1 Å². The predicted octanol–water partition coefficient (Wildman–Crippen LogP) is 5.14. The number of halogens is 1. The van der Waals surface area contributed by atoms with Gasteiger partial charge < -0.3 is 9.80 Å². The number of carbonyl (C=O) groups excluding carboxylic acids is 1. The van der Waals surface area contributed by atoms with Gasteiger partial charge in [0.05, 0.1) is 23.2 Å². The molecule has 3 aromatic carbocycles. The molecule has 1 aliphatic heterocycles. The Morgan fingerprint density at radius 2 is 1.55 bits per heavy atom. The molecule has 0 radical (unpaired) electrons. The van der Waals surface area contributed by atoms with Crippen molar-refractivity contribution in [1.29, 1.82) is 0 Å². The van der Waals surface area contributed by atoms with Crippen LogP contribution < -0.4 is 4.90 Å². The largest absolute Gasteiger partial charge is 0.354 e. The number of aryl methyl sites for hydroxylation is 1. The monoisotopic (exact) mass is 534 g/mol. The van der Waals surface area contributed by atoms with E-state index < -0.39 is 0 Å². The van der Waals surface area contributed by atoms with E-state index in [2.05, 4.69) is 17.0 Å². The van der Waals surface area contributed by atoms with Gasteiger partial charge in [0.25, 0.3) is 0 Å². The molecule has 7 nitrogen and oxygen atoms in total. The second-order valence-electron chi connectivity index (χ2n) is 10.2. The Kier molecular flexibility index (Phi) is 7.23. The molecule has 1 aliphatic rings. The third kappa shape index (κ3) is 5.43. The van der Waals surface area contributed by atoms with Crippen LogP contribution in [0.2, 0.25) is 0 Å². The first-order valence-electron chi connectivity index (χ1n) is 13.7. The van der Waals surface area contributed by atoms with Crippen LogP contribution in [0.15, 0.2) is 84.9 Å². The van der Waals surface area contributed by atoms with E-state index in [1.807, 2.05) is 65.0 Å². The Labute approximate surface area is 232 Å². The van der Waals surface area contributed by atoms with Crippen molar-refractivity contribution in [3.8, 4) is 5.69 Å². The smallest absolute Gasteiger partial charge is 0.227 e. The van der Waals surface area contributed by atoms with Crippen molar-refractivity contribution in [3.63, 3.8) is 0 Å². The van der Waals surface area contributed by atoms with Crippen LogP contribution in [0.1, 0.15) is 29.1 Å². The van der Waals surface area contributed by atoms with Crippen LogP contribution in [-0.4, -0.2) is 56.7 Å². The summed E-state index contributed by atoms with van der Waals surface area (Å²) in [6.07, 6.45) is 1.70. The number of anilines is 1. The Hall–Kier alpha value is -4.59. The molecule has 0 aliphatic carbocycles. The van der Waals surface area contributed by atoms with Gasteiger partial charge in [-0.05, 0) is 48.7 Å². The first kappa shape index (κ1) is 25.7. The summed E-state index contributed by atoms with van der Waals surface area (Å²) in [4.78, 5) is 27.4. The Balaban J connectivity index is 1.32. The number of rotatable bonds is 6. The molecule has 0 bridgehead atoms. The molecule has 40 heavy (non-hydrogen) atoms. The summed E-state index contributed by atoms with van der Waals surface area (Å²) in [5, 5.41) is 5.82. The lowest BCUT2D eigenvalue weighted by Gasteiger charge is -2.24. The van der Waals surface area contributed by atoms with Gasteiger partial charge in [-0.25, -0.2) is 19.0 Å². The molecule has 0 atom stereocenters. The Bertz CT molecular complexity index is 1620. The lowest BCUT2D eigenvalue weighted by Crippen LogP contribution is -2.36. The maximum absolute atomic E-state index is 13.3. The van der Waals surface area contributed by atoms with Crippen LogP contribution in [0.4, 0.5) is 10.2 Å². The van der Waals surface area contributed by atoms with Gasteiger partial charge in [0, 0.05) is 32.6 Å². The quantitative estimate of drug-likeness (QED) is 0.302. The zero-order valence-electron chi connectivity index (χ0n) is 22.5. The molecular formula is C32H31FN6O. The van der Waals surface area contributed by atoms with Crippen LogP contribution >= 0.6 is 0 Å². The standard InChI is InChI=1S/C32H31FN6O/c1-23-30-31(38-18-8-17-37(19-20-38)29(40)22-25-13-15-26(33)16-14-25)34-28(21-24-9-4-2-5-10-24)35-32(30)39(36-23)27-11-6-3-7-12-27/h2-7,9-16H,8,17-22H2,1H3. The summed E-state index contributed by atoms with van der Waals surface area (Å²) < 4.78 is 15.2. The van der Waals surface area contributed by atoms with Crippen LogP contribution in [0.3, 0.4) is 0 Å². The second kappa shape index (κ2) is 11.3. The van der Waals surface area contributed by atoms with Crippen molar-refractivity contribution in [2.75, 3.05) is 31.1 Å². The molecule has 202 valence electrons. The zero-order valence-corrected chi connectivity index (χ0v) is 22.5. The summed E-state index contributed by atoms with van der Waals surface area (Å²) >= 11 is 0. The fourth-order valence-corrected chi connectivity index (χ4v) is 5.31. The van der Waals surface area contributed by atoms with E-state index in [4.69, 9.17) is 15.1 Å². The summed E-state index contributed by atoms with van der Waals surface area (Å²) in [7, 11) is 0. The molecule has 3 heterocycles. The molecule has 6 rings (SSSR count). The van der Waals surface area contributed by atoms with E-state index in [1.165, 1.54) is 12.1 Å². The Morgan fingerprint density at radius 3 is 2.30 bits per heavy atom. The normalized spacial score (nSPS) is 13.9. The SMILES string of the molecule is Cc1nn(-c2ccccc2)c2nc(Cc3ccccc3)nc(N3CCCN(C(=O)Cc4ccc(F)cc4)CC3)c12. The van der Waals surface area contributed by atoms with Gasteiger partial charge >= 0.3 is 0 Å². The second-order valence-corrected chi connectivity index (χ2v) is 10.2. The van der Waals surface area contributed by atoms with Gasteiger partial charge in [0.1, 0.15) is 17.5 Å². The topological polar surface area (TPSA) is 67.2 Å². The average Bonchev–Trinajstić information content (AvgIpc) is 3.14. The number of para-hydroxylation sites is 1. The molecule has 1 saturated heterocycles. The Morgan fingerprint density at radius 1 is 0.825 bits per heavy atom. The first-order chi connectivity index (χ1) is 19.5. The molecule has 0 N–H and O–H groups in total. The minimum absolute atomic E-state index is 0.0548. The highest BCUT2D eigenvalue weighted by molar-refractivity contribution is 5.91. The molecule has 5 aromatic rings. The average molecular weight is 535 g/mol. The highest BCUT2D eigenvalue weighted by Crippen LogP contribution is 2.30. The van der Waals surface area contributed by atoms with E-state index in [-0.39, 0.29) is 18.1 Å². The minimum Gasteiger partial charge on any atom is -0.354 e. The van der Waals surface area contributed by atoms with Gasteiger partial charge in [0.15, 0.2) is 5.65 Å². The number of benzene rings is 3. The number of hydrogen-bond donors (Lipinski definition) is 0. The lowest BCUT2D eigenvalue weighted by atomic mass is 10.1. The van der Waals surface area contributed by atoms with Crippen molar-refractivity contribution in [2.24, 2.45) is 0 Å². The number of nitrogens with zero attached hydrogens (tertiary/aromatic N) is 6. The van der Waals surface area contributed by atoms with Gasteiger partial charge in [0.2, 0.25) is 5.91 Å². The molecule has 0 saturated carbocycles. The molecule has 8 heteroatoms. The highest BCUT2D eigenvalue weighted by atomic mass is 19.1. The predicted molar refractivity (Wildman–Crippen MR) is 154 cm³/mol. The van der Waals surface area contributed by atoms with E-state index in [1.54, 1.807) is 12.1 Å². The number of aromatic nitrogens is 4. The molecule has 1 amide bonds.